The van der Waals surface area contributed by atoms with Gasteiger partial charge in [0.25, 0.3) is 5.91 Å². The van der Waals surface area contributed by atoms with Crippen molar-refractivity contribution in [2.75, 3.05) is 6.54 Å². The number of pyridine rings is 1. The van der Waals surface area contributed by atoms with E-state index in [2.05, 4.69) is 34.7 Å². The quantitative estimate of drug-likeness (QED) is 0.396. The van der Waals surface area contributed by atoms with Crippen LogP contribution in [-0.4, -0.2) is 32.3 Å². The number of phenolic OH excluding ortho intramolecular Hbond substituents is 1. The first-order valence-corrected chi connectivity index (χ1v) is 11.8. The Bertz CT molecular complexity index is 1350. The van der Waals surface area contributed by atoms with Crippen LogP contribution in [0.3, 0.4) is 0 Å². The van der Waals surface area contributed by atoms with E-state index >= 15 is 0 Å². The van der Waals surface area contributed by atoms with Crippen molar-refractivity contribution in [3.8, 4) is 17.0 Å². The molecule has 180 valence electrons. The highest BCUT2D eigenvalue weighted by Crippen LogP contribution is 2.33. The van der Waals surface area contributed by atoms with Crippen LogP contribution >= 0.6 is 0 Å². The Morgan fingerprint density at radius 3 is 2.51 bits per heavy atom. The van der Waals surface area contributed by atoms with Gasteiger partial charge in [-0.25, -0.2) is 8.78 Å². The van der Waals surface area contributed by atoms with E-state index in [1.807, 2.05) is 29.9 Å². The second kappa shape index (κ2) is 9.44. The van der Waals surface area contributed by atoms with Crippen molar-refractivity contribution in [2.45, 2.75) is 38.6 Å². The van der Waals surface area contributed by atoms with Gasteiger partial charge in [0.2, 0.25) is 0 Å². The average molecular weight is 477 g/mol. The number of nitrogens with one attached hydrogen (secondary N) is 1. The van der Waals surface area contributed by atoms with Gasteiger partial charge >= 0.3 is 0 Å². The smallest absolute Gasteiger partial charge is 0.251 e. The number of fused-ring (bicyclic) bond motifs is 1. The minimum Gasteiger partial charge on any atom is -0.503 e. The standard InChI is InChI=1S/C27H26F2N4O2/c1-16-2-9-24(30-13-16)18-5-6-19-15-33(32-25(19)12-18)21-7-3-17(4-8-21)14-31-27(35)20-10-22(28)26(34)23(29)11-20/h2,5-6,9-13,15,17,21,34H,3-4,7-8,14H2,1H3,(H,31,35)/t17-,21-. The maximum atomic E-state index is 13.5. The predicted molar refractivity (Wildman–Crippen MR) is 129 cm³/mol. The number of nitrogens with zero attached hydrogens (tertiary/aromatic N) is 3. The number of aryl methyl sites for hydroxylation is 1. The number of amides is 1. The first-order valence-electron chi connectivity index (χ1n) is 11.8. The summed E-state index contributed by atoms with van der Waals surface area (Å²) in [5.41, 5.74) is 3.88. The number of rotatable bonds is 5. The molecule has 2 aromatic carbocycles. The van der Waals surface area contributed by atoms with E-state index in [0.717, 1.165) is 65.5 Å². The van der Waals surface area contributed by atoms with Crippen LogP contribution in [0.4, 0.5) is 8.78 Å². The summed E-state index contributed by atoms with van der Waals surface area (Å²) in [5, 5.41) is 17.9. The number of aromatic nitrogens is 3. The summed E-state index contributed by atoms with van der Waals surface area (Å²) in [4.78, 5) is 16.8. The number of phenols is 1. The topological polar surface area (TPSA) is 80.0 Å². The molecule has 0 saturated heterocycles. The Morgan fingerprint density at radius 1 is 1.09 bits per heavy atom. The lowest BCUT2D eigenvalue weighted by atomic mass is 9.86. The van der Waals surface area contributed by atoms with E-state index in [-0.39, 0.29) is 17.5 Å². The molecule has 0 spiro atoms. The number of benzene rings is 2. The van der Waals surface area contributed by atoms with E-state index in [9.17, 15) is 18.7 Å². The Labute approximate surface area is 201 Å². The van der Waals surface area contributed by atoms with Gasteiger partial charge in [0.05, 0.1) is 17.3 Å². The number of carbonyl (C=O) groups is 1. The maximum absolute atomic E-state index is 13.5. The molecule has 6 nitrogen and oxygen atoms in total. The molecule has 0 atom stereocenters. The molecule has 8 heteroatoms. The number of hydrogen-bond acceptors (Lipinski definition) is 4. The van der Waals surface area contributed by atoms with Crippen molar-refractivity contribution >= 4 is 16.8 Å². The van der Waals surface area contributed by atoms with Crippen LogP contribution in [0.25, 0.3) is 22.2 Å². The van der Waals surface area contributed by atoms with Gasteiger partial charge in [-0.15, -0.1) is 0 Å². The summed E-state index contributed by atoms with van der Waals surface area (Å²) >= 11 is 0. The molecular formula is C27H26F2N4O2. The largest absolute Gasteiger partial charge is 0.503 e. The van der Waals surface area contributed by atoms with E-state index in [1.165, 1.54) is 0 Å². The molecule has 2 aromatic heterocycles. The fraction of sp³-hybridized carbons (Fsp3) is 0.296. The second-order valence-electron chi connectivity index (χ2n) is 9.28. The number of aromatic hydroxyl groups is 1. The van der Waals surface area contributed by atoms with Crippen molar-refractivity contribution < 1.29 is 18.7 Å². The van der Waals surface area contributed by atoms with E-state index in [4.69, 9.17) is 5.10 Å². The molecule has 1 aliphatic rings. The van der Waals surface area contributed by atoms with Crippen LogP contribution in [0.2, 0.25) is 0 Å². The summed E-state index contributed by atoms with van der Waals surface area (Å²) in [6.45, 7) is 2.45. The predicted octanol–water partition coefficient (Wildman–Crippen LogP) is 5.55. The molecule has 1 aliphatic carbocycles. The zero-order valence-corrected chi connectivity index (χ0v) is 19.3. The van der Waals surface area contributed by atoms with Crippen LogP contribution in [0.5, 0.6) is 5.75 Å². The van der Waals surface area contributed by atoms with E-state index in [1.54, 1.807) is 0 Å². The second-order valence-corrected chi connectivity index (χ2v) is 9.28. The zero-order chi connectivity index (χ0) is 24.5. The molecule has 5 rings (SSSR count). The fourth-order valence-corrected chi connectivity index (χ4v) is 4.67. The van der Waals surface area contributed by atoms with Crippen LogP contribution in [0.1, 0.15) is 47.6 Å². The third-order valence-electron chi connectivity index (χ3n) is 6.75. The lowest BCUT2D eigenvalue weighted by Crippen LogP contribution is -2.31. The summed E-state index contributed by atoms with van der Waals surface area (Å²) in [5.74, 6) is -3.64. The van der Waals surface area contributed by atoms with Gasteiger partial charge in [0.1, 0.15) is 0 Å². The highest BCUT2D eigenvalue weighted by atomic mass is 19.1. The number of halogens is 2. The minimum atomic E-state index is -1.15. The van der Waals surface area contributed by atoms with Gasteiger partial charge in [0.15, 0.2) is 17.4 Å². The van der Waals surface area contributed by atoms with E-state index < -0.39 is 23.3 Å². The van der Waals surface area contributed by atoms with Gasteiger partial charge in [-0.05, 0) is 68.4 Å². The normalized spacial score (nSPS) is 18.0. The lowest BCUT2D eigenvalue weighted by molar-refractivity contribution is 0.0940. The Morgan fingerprint density at radius 2 is 1.83 bits per heavy atom. The van der Waals surface area contributed by atoms with Crippen LogP contribution < -0.4 is 5.32 Å². The van der Waals surface area contributed by atoms with Crippen molar-refractivity contribution in [2.24, 2.45) is 5.92 Å². The third-order valence-corrected chi connectivity index (χ3v) is 6.75. The molecule has 4 aromatic rings. The minimum absolute atomic E-state index is 0.144. The molecule has 2 N–H and O–H groups in total. The molecule has 0 unspecified atom stereocenters. The average Bonchev–Trinajstić information content (AvgIpc) is 3.30. The fourth-order valence-electron chi connectivity index (χ4n) is 4.67. The first kappa shape index (κ1) is 23.0. The monoisotopic (exact) mass is 476 g/mol. The molecule has 1 fully saturated rings. The van der Waals surface area contributed by atoms with Crippen molar-refractivity contribution in [3.05, 3.63) is 77.6 Å². The van der Waals surface area contributed by atoms with Crippen molar-refractivity contribution in [1.82, 2.24) is 20.1 Å². The van der Waals surface area contributed by atoms with Crippen LogP contribution in [-0.2, 0) is 0 Å². The van der Waals surface area contributed by atoms with Gasteiger partial charge in [-0.2, -0.15) is 5.10 Å². The summed E-state index contributed by atoms with van der Waals surface area (Å²) in [6, 6.07) is 12.2. The van der Waals surface area contributed by atoms with Gasteiger partial charge < -0.3 is 10.4 Å². The van der Waals surface area contributed by atoms with Crippen LogP contribution in [0, 0.1) is 24.5 Å². The molecule has 35 heavy (non-hydrogen) atoms. The molecule has 1 saturated carbocycles. The lowest BCUT2D eigenvalue weighted by Gasteiger charge is -2.28. The number of hydrogen-bond donors (Lipinski definition) is 2. The molecular weight excluding hydrogens is 450 g/mol. The van der Waals surface area contributed by atoms with Crippen LogP contribution in [0.15, 0.2) is 54.9 Å². The molecule has 0 radical (unpaired) electrons. The maximum Gasteiger partial charge on any atom is 0.251 e. The van der Waals surface area contributed by atoms with Gasteiger partial charge in [-0.1, -0.05) is 18.2 Å². The van der Waals surface area contributed by atoms with Gasteiger partial charge in [-0.3, -0.25) is 14.5 Å². The Kier molecular flexibility index (Phi) is 6.19. The molecule has 1 amide bonds. The van der Waals surface area contributed by atoms with Crippen molar-refractivity contribution in [1.29, 1.82) is 0 Å². The van der Waals surface area contributed by atoms with E-state index in [0.29, 0.717) is 6.54 Å². The summed E-state index contributed by atoms with van der Waals surface area (Å²) in [7, 11) is 0. The van der Waals surface area contributed by atoms with Crippen molar-refractivity contribution in [3.63, 3.8) is 0 Å². The highest BCUT2D eigenvalue weighted by Gasteiger charge is 2.24. The highest BCUT2D eigenvalue weighted by molar-refractivity contribution is 5.94. The third kappa shape index (κ3) is 4.87. The summed E-state index contributed by atoms with van der Waals surface area (Å²) < 4.78 is 29.1. The molecule has 0 bridgehead atoms. The Balaban J connectivity index is 1.19. The first-order chi connectivity index (χ1) is 16.9. The molecule has 0 aliphatic heterocycles. The SMILES string of the molecule is Cc1ccc(-c2ccc3cn([C@H]4CC[C@H](CNC(=O)c5cc(F)c(O)c(F)c5)CC4)nc3c2)nc1. The molecule has 2 heterocycles. The number of carbonyl (C=O) groups excluding carboxylic acids is 1. The Hall–Kier alpha value is -3.81. The summed E-state index contributed by atoms with van der Waals surface area (Å²) in [6.07, 6.45) is 7.64. The van der Waals surface area contributed by atoms with Gasteiger partial charge in [0, 0.05) is 35.5 Å². The zero-order valence-electron chi connectivity index (χ0n) is 19.3.